The number of nitrogens with zero attached hydrogens (tertiary/aromatic N) is 2. The quantitative estimate of drug-likeness (QED) is 0.801. The fraction of sp³-hybridized carbons (Fsp3) is 0.476. The molecule has 2 saturated heterocycles. The zero-order valence-corrected chi connectivity index (χ0v) is 18.0. The van der Waals surface area contributed by atoms with Crippen LogP contribution >= 0.6 is 11.6 Å². The van der Waals surface area contributed by atoms with Crippen LogP contribution in [0.2, 0.25) is 5.02 Å². The molecule has 1 amide bonds. The molecule has 0 saturated carbocycles. The Morgan fingerprint density at radius 2 is 1.69 bits per heavy atom. The van der Waals surface area contributed by atoms with Crippen LogP contribution in [0, 0.1) is 0 Å². The maximum Gasteiger partial charge on any atom is 0.241 e. The number of fused-ring (bicyclic) bond motifs is 1. The molecule has 4 rings (SSSR count). The number of carbonyl (C=O) groups excluding carboxylic acids is 1. The number of halogens is 1. The number of carbonyl (C=O) groups is 1. The Morgan fingerprint density at radius 1 is 1.00 bits per heavy atom. The molecule has 0 radical (unpaired) electrons. The Labute approximate surface area is 176 Å². The molecule has 2 aliphatic heterocycles. The molecule has 0 unspecified atom stereocenters. The number of amides is 1. The van der Waals surface area contributed by atoms with Crippen LogP contribution in [-0.2, 0) is 14.8 Å². The first kappa shape index (κ1) is 20.6. The zero-order chi connectivity index (χ0) is 20.6. The van der Waals surface area contributed by atoms with E-state index in [1.165, 1.54) is 0 Å². The molecule has 0 aliphatic carbocycles. The van der Waals surface area contributed by atoms with Gasteiger partial charge in [0.1, 0.15) is 6.04 Å². The largest absolute Gasteiger partial charge is 0.338 e. The van der Waals surface area contributed by atoms with Gasteiger partial charge < -0.3 is 9.80 Å². The van der Waals surface area contributed by atoms with E-state index in [1.807, 2.05) is 4.90 Å². The molecule has 2 heterocycles. The Kier molecular flexibility index (Phi) is 5.84. The Morgan fingerprint density at radius 3 is 2.45 bits per heavy atom. The van der Waals surface area contributed by atoms with Gasteiger partial charge in [-0.05, 0) is 80.9 Å². The van der Waals surface area contributed by atoms with Crippen molar-refractivity contribution in [3.05, 3.63) is 41.4 Å². The molecule has 2 aromatic rings. The topological polar surface area (TPSA) is 69.7 Å². The zero-order valence-electron chi connectivity index (χ0n) is 16.5. The van der Waals surface area contributed by atoms with E-state index in [0.29, 0.717) is 18.0 Å². The molecule has 8 heteroatoms. The molecule has 156 valence electrons. The lowest BCUT2D eigenvalue weighted by molar-refractivity contribution is -0.139. The first-order chi connectivity index (χ1) is 13.8. The summed E-state index contributed by atoms with van der Waals surface area (Å²) in [7, 11) is -1.71. The number of hydrogen-bond acceptors (Lipinski definition) is 4. The Bertz CT molecular complexity index is 1020. The van der Waals surface area contributed by atoms with Gasteiger partial charge >= 0.3 is 0 Å². The maximum atomic E-state index is 13.0. The van der Waals surface area contributed by atoms with Gasteiger partial charge in [0.15, 0.2) is 0 Å². The summed E-state index contributed by atoms with van der Waals surface area (Å²) in [5.41, 5.74) is 0. The lowest BCUT2D eigenvalue weighted by Crippen LogP contribution is -2.56. The third kappa shape index (κ3) is 4.43. The minimum atomic E-state index is -3.80. The van der Waals surface area contributed by atoms with Crippen molar-refractivity contribution in [2.75, 3.05) is 26.7 Å². The SMILES string of the molecule is CN1CCC(N2CCC[C@H](NS(=O)(=O)c3ccc4cc(Cl)ccc4c3)C2=O)CC1. The van der Waals surface area contributed by atoms with Crippen molar-refractivity contribution in [3.8, 4) is 0 Å². The van der Waals surface area contributed by atoms with Crippen molar-refractivity contribution < 1.29 is 13.2 Å². The highest BCUT2D eigenvalue weighted by Gasteiger charge is 2.36. The van der Waals surface area contributed by atoms with Crippen LogP contribution in [0.25, 0.3) is 10.8 Å². The first-order valence-electron chi connectivity index (χ1n) is 10.0. The summed E-state index contributed by atoms with van der Waals surface area (Å²) in [5, 5.41) is 2.27. The summed E-state index contributed by atoms with van der Waals surface area (Å²) in [6.07, 6.45) is 3.22. The van der Waals surface area contributed by atoms with Crippen LogP contribution in [0.3, 0.4) is 0 Å². The molecule has 29 heavy (non-hydrogen) atoms. The lowest BCUT2D eigenvalue weighted by Gasteiger charge is -2.41. The summed E-state index contributed by atoms with van der Waals surface area (Å²) < 4.78 is 28.6. The van der Waals surface area contributed by atoms with Gasteiger partial charge in [-0.2, -0.15) is 4.72 Å². The van der Waals surface area contributed by atoms with E-state index < -0.39 is 16.1 Å². The highest BCUT2D eigenvalue weighted by Crippen LogP contribution is 2.25. The molecule has 2 fully saturated rings. The summed E-state index contributed by atoms with van der Waals surface area (Å²) in [6, 6.07) is 9.75. The normalized spacial score (nSPS) is 22.3. The first-order valence-corrected chi connectivity index (χ1v) is 11.9. The van der Waals surface area contributed by atoms with E-state index in [1.54, 1.807) is 36.4 Å². The molecule has 6 nitrogen and oxygen atoms in total. The third-order valence-electron chi connectivity index (χ3n) is 5.98. The van der Waals surface area contributed by atoms with Crippen LogP contribution in [0.5, 0.6) is 0 Å². The van der Waals surface area contributed by atoms with E-state index in [9.17, 15) is 13.2 Å². The van der Waals surface area contributed by atoms with Gasteiger partial charge in [0.05, 0.1) is 4.90 Å². The molecule has 0 bridgehead atoms. The van der Waals surface area contributed by atoms with Crippen molar-refractivity contribution in [1.29, 1.82) is 0 Å². The van der Waals surface area contributed by atoms with Gasteiger partial charge in [0.25, 0.3) is 0 Å². The van der Waals surface area contributed by atoms with Gasteiger partial charge in [0, 0.05) is 17.6 Å². The minimum absolute atomic E-state index is 0.0954. The summed E-state index contributed by atoms with van der Waals surface area (Å²) in [5.74, 6) is -0.0954. The summed E-state index contributed by atoms with van der Waals surface area (Å²) in [6.45, 7) is 2.64. The van der Waals surface area contributed by atoms with Gasteiger partial charge in [0.2, 0.25) is 15.9 Å². The van der Waals surface area contributed by atoms with Crippen molar-refractivity contribution in [2.24, 2.45) is 0 Å². The van der Waals surface area contributed by atoms with Crippen molar-refractivity contribution in [2.45, 2.75) is 42.7 Å². The maximum absolute atomic E-state index is 13.0. The van der Waals surface area contributed by atoms with E-state index in [2.05, 4.69) is 16.7 Å². The van der Waals surface area contributed by atoms with Crippen LogP contribution in [0.15, 0.2) is 41.3 Å². The highest BCUT2D eigenvalue weighted by molar-refractivity contribution is 7.89. The smallest absolute Gasteiger partial charge is 0.241 e. The number of nitrogens with one attached hydrogen (secondary N) is 1. The molecule has 1 N–H and O–H groups in total. The van der Waals surface area contributed by atoms with Crippen LogP contribution in [-0.4, -0.2) is 62.9 Å². The number of benzene rings is 2. The van der Waals surface area contributed by atoms with E-state index in [0.717, 1.165) is 43.1 Å². The number of likely N-dealkylation sites (tertiary alicyclic amines) is 2. The predicted octanol–water partition coefficient (Wildman–Crippen LogP) is 2.86. The summed E-state index contributed by atoms with van der Waals surface area (Å²) >= 11 is 6.00. The number of sulfonamides is 1. The van der Waals surface area contributed by atoms with Crippen molar-refractivity contribution >= 4 is 38.3 Å². The minimum Gasteiger partial charge on any atom is -0.338 e. The Balaban J connectivity index is 1.51. The molecule has 2 aliphatic rings. The van der Waals surface area contributed by atoms with Gasteiger partial charge in [-0.3, -0.25) is 4.79 Å². The number of piperidine rings is 2. The molecule has 0 aromatic heterocycles. The van der Waals surface area contributed by atoms with Gasteiger partial charge in [-0.15, -0.1) is 0 Å². The second-order valence-electron chi connectivity index (χ2n) is 8.04. The lowest BCUT2D eigenvalue weighted by atomic mass is 9.98. The number of hydrogen-bond donors (Lipinski definition) is 1. The molecule has 2 aromatic carbocycles. The summed E-state index contributed by atoms with van der Waals surface area (Å²) in [4.78, 5) is 17.4. The molecule has 0 spiro atoms. The van der Waals surface area contributed by atoms with Crippen LogP contribution in [0.4, 0.5) is 0 Å². The monoisotopic (exact) mass is 435 g/mol. The fourth-order valence-electron chi connectivity index (χ4n) is 4.30. The highest BCUT2D eigenvalue weighted by atomic mass is 35.5. The molecular weight excluding hydrogens is 410 g/mol. The number of rotatable bonds is 4. The Hall–Kier alpha value is -1.67. The molecular formula is C21H26ClN3O3S. The fourth-order valence-corrected chi connectivity index (χ4v) is 5.73. The van der Waals surface area contributed by atoms with Crippen LogP contribution in [0.1, 0.15) is 25.7 Å². The van der Waals surface area contributed by atoms with E-state index in [4.69, 9.17) is 11.6 Å². The second-order valence-corrected chi connectivity index (χ2v) is 10.2. The standard InChI is InChI=1S/C21H26ClN3O3S/c1-24-11-8-18(9-12-24)25-10-2-3-20(21(25)26)23-29(27,28)19-7-5-15-13-17(22)6-4-16(15)14-19/h4-7,13-14,18,20,23H,2-3,8-12H2,1H3/t20-/m0/s1. The molecule has 1 atom stereocenters. The third-order valence-corrected chi connectivity index (χ3v) is 7.69. The average Bonchev–Trinajstić information content (AvgIpc) is 2.70. The second kappa shape index (κ2) is 8.22. The van der Waals surface area contributed by atoms with E-state index in [-0.39, 0.29) is 16.8 Å². The van der Waals surface area contributed by atoms with E-state index >= 15 is 0 Å². The van der Waals surface area contributed by atoms with Crippen molar-refractivity contribution in [1.82, 2.24) is 14.5 Å². The average molecular weight is 436 g/mol. The van der Waals surface area contributed by atoms with Gasteiger partial charge in [-0.1, -0.05) is 23.7 Å². The van der Waals surface area contributed by atoms with Gasteiger partial charge in [-0.25, -0.2) is 8.42 Å². The van der Waals surface area contributed by atoms with Crippen molar-refractivity contribution in [3.63, 3.8) is 0 Å². The van der Waals surface area contributed by atoms with Crippen LogP contribution < -0.4 is 4.72 Å². The predicted molar refractivity (Wildman–Crippen MR) is 115 cm³/mol.